The fourth-order valence-electron chi connectivity index (χ4n) is 3.46. The van der Waals surface area contributed by atoms with Gasteiger partial charge in [-0.2, -0.15) is 0 Å². The van der Waals surface area contributed by atoms with Crippen molar-refractivity contribution in [3.8, 4) is 0 Å². The second-order valence-electron chi connectivity index (χ2n) is 7.09. The van der Waals surface area contributed by atoms with Crippen LogP contribution in [0.25, 0.3) is 5.65 Å². The van der Waals surface area contributed by atoms with E-state index in [1.807, 2.05) is 6.07 Å². The molecule has 4 rings (SSSR count). The summed E-state index contributed by atoms with van der Waals surface area (Å²) in [6.45, 7) is 0. The second kappa shape index (κ2) is 7.38. The predicted octanol–water partition coefficient (Wildman–Crippen LogP) is 1.80. The third-order valence-electron chi connectivity index (χ3n) is 4.92. The molecule has 3 aromatic rings. The highest BCUT2D eigenvalue weighted by Gasteiger charge is 2.19. The molecule has 2 heterocycles. The molecule has 1 aromatic carbocycles. The molecule has 0 spiro atoms. The molecular weight excluding hydrogens is 378 g/mol. The first kappa shape index (κ1) is 18.7. The predicted molar refractivity (Wildman–Crippen MR) is 108 cm³/mol. The van der Waals surface area contributed by atoms with Gasteiger partial charge in [-0.05, 0) is 43.9 Å². The van der Waals surface area contributed by atoms with Gasteiger partial charge >= 0.3 is 0 Å². The van der Waals surface area contributed by atoms with Crippen LogP contribution in [0.2, 0.25) is 0 Å². The summed E-state index contributed by atoms with van der Waals surface area (Å²) in [6, 6.07) is 8.84. The Kier molecular flexibility index (Phi) is 4.92. The Morgan fingerprint density at radius 1 is 1.14 bits per heavy atom. The van der Waals surface area contributed by atoms with Crippen LogP contribution in [0.1, 0.15) is 25.7 Å². The van der Waals surface area contributed by atoms with E-state index in [0.29, 0.717) is 23.1 Å². The van der Waals surface area contributed by atoms with Gasteiger partial charge in [-0.25, -0.2) is 23.1 Å². The van der Waals surface area contributed by atoms with Crippen LogP contribution in [-0.4, -0.2) is 35.1 Å². The maximum atomic E-state index is 11.6. The maximum Gasteiger partial charge on any atom is 0.238 e. The third kappa shape index (κ3) is 4.08. The Balaban J connectivity index is 1.62. The summed E-state index contributed by atoms with van der Waals surface area (Å²) in [6.07, 6.45) is 7.43. The first-order valence-electron chi connectivity index (χ1n) is 9.15. The standard InChI is InChI=1S/C18H23N7O2S/c19-12-4-6-13(7-5-12)23-17-11-16(18-21-8-9-25(18)24-17)22-14-2-1-3-15(10-14)28(20,26)27/h1-3,8-13,22H,4-7,19H2,(H,23,24)(H2,20,26,27)/t12-,13-. The number of benzene rings is 1. The number of hydrogen-bond donors (Lipinski definition) is 4. The van der Waals surface area contributed by atoms with Crippen molar-refractivity contribution in [2.75, 3.05) is 10.6 Å². The summed E-state index contributed by atoms with van der Waals surface area (Å²) in [5, 5.41) is 16.5. The minimum absolute atomic E-state index is 0.0443. The van der Waals surface area contributed by atoms with Gasteiger partial charge in [0.2, 0.25) is 10.0 Å². The van der Waals surface area contributed by atoms with Crippen molar-refractivity contribution < 1.29 is 8.42 Å². The lowest BCUT2D eigenvalue weighted by Crippen LogP contribution is -2.33. The van der Waals surface area contributed by atoms with E-state index in [0.717, 1.165) is 31.5 Å². The molecule has 0 unspecified atom stereocenters. The molecule has 9 nitrogen and oxygen atoms in total. The largest absolute Gasteiger partial charge is 0.366 e. The second-order valence-corrected chi connectivity index (χ2v) is 8.65. The van der Waals surface area contributed by atoms with Crippen molar-refractivity contribution in [2.45, 2.75) is 42.7 Å². The Hall–Kier alpha value is -2.69. The molecule has 0 atom stereocenters. The fraction of sp³-hybridized carbons (Fsp3) is 0.333. The summed E-state index contributed by atoms with van der Waals surface area (Å²) in [4.78, 5) is 4.38. The lowest BCUT2D eigenvalue weighted by molar-refractivity contribution is 0.410. The van der Waals surface area contributed by atoms with Crippen LogP contribution >= 0.6 is 0 Å². The molecule has 1 saturated carbocycles. The molecule has 148 valence electrons. The third-order valence-corrected chi connectivity index (χ3v) is 5.84. The zero-order chi connectivity index (χ0) is 19.7. The van der Waals surface area contributed by atoms with E-state index in [2.05, 4.69) is 20.7 Å². The monoisotopic (exact) mass is 401 g/mol. The number of aromatic nitrogens is 3. The highest BCUT2D eigenvalue weighted by molar-refractivity contribution is 7.89. The molecule has 0 radical (unpaired) electrons. The highest BCUT2D eigenvalue weighted by Crippen LogP contribution is 2.26. The van der Waals surface area contributed by atoms with Gasteiger partial charge in [0.25, 0.3) is 0 Å². The van der Waals surface area contributed by atoms with Crippen molar-refractivity contribution >= 4 is 32.9 Å². The summed E-state index contributed by atoms with van der Waals surface area (Å²) in [7, 11) is -3.78. The van der Waals surface area contributed by atoms with E-state index < -0.39 is 10.0 Å². The van der Waals surface area contributed by atoms with Crippen LogP contribution in [0.4, 0.5) is 17.2 Å². The summed E-state index contributed by atoms with van der Waals surface area (Å²) in [5.74, 6) is 0.719. The molecule has 0 amide bonds. The van der Waals surface area contributed by atoms with E-state index in [-0.39, 0.29) is 10.9 Å². The number of rotatable bonds is 5. The molecule has 10 heteroatoms. The topological polar surface area (TPSA) is 140 Å². The van der Waals surface area contributed by atoms with Crippen LogP contribution in [0.5, 0.6) is 0 Å². The summed E-state index contributed by atoms with van der Waals surface area (Å²) < 4.78 is 24.9. The van der Waals surface area contributed by atoms with Crippen LogP contribution in [-0.2, 0) is 10.0 Å². The Labute approximate surface area is 163 Å². The molecule has 0 saturated heterocycles. The zero-order valence-electron chi connectivity index (χ0n) is 15.2. The van der Waals surface area contributed by atoms with Crippen LogP contribution < -0.4 is 21.5 Å². The molecule has 2 aromatic heterocycles. The van der Waals surface area contributed by atoms with Gasteiger partial charge < -0.3 is 16.4 Å². The SMILES string of the molecule is NS(=O)(=O)c1cccc(Nc2cc(N[C@H]3CC[C@H](N)CC3)nn3ccnc23)c1. The molecule has 1 aliphatic carbocycles. The molecule has 0 aliphatic heterocycles. The molecule has 28 heavy (non-hydrogen) atoms. The quantitative estimate of drug-likeness (QED) is 0.511. The number of fused-ring (bicyclic) bond motifs is 1. The van der Waals surface area contributed by atoms with Crippen molar-refractivity contribution in [2.24, 2.45) is 10.9 Å². The van der Waals surface area contributed by atoms with E-state index in [4.69, 9.17) is 10.9 Å². The Bertz CT molecular complexity index is 1090. The van der Waals surface area contributed by atoms with Crippen molar-refractivity contribution in [3.63, 3.8) is 0 Å². The molecule has 1 aliphatic rings. The number of anilines is 3. The van der Waals surface area contributed by atoms with E-state index in [1.54, 1.807) is 29.0 Å². The highest BCUT2D eigenvalue weighted by atomic mass is 32.2. The minimum Gasteiger partial charge on any atom is -0.366 e. The Morgan fingerprint density at radius 3 is 2.68 bits per heavy atom. The Morgan fingerprint density at radius 2 is 1.93 bits per heavy atom. The zero-order valence-corrected chi connectivity index (χ0v) is 16.1. The first-order chi connectivity index (χ1) is 13.4. The molecule has 1 fully saturated rings. The first-order valence-corrected chi connectivity index (χ1v) is 10.7. The number of primary sulfonamides is 1. The van der Waals surface area contributed by atoms with Gasteiger partial charge in [-0.1, -0.05) is 6.07 Å². The molecule has 6 N–H and O–H groups in total. The van der Waals surface area contributed by atoms with Crippen molar-refractivity contribution in [1.82, 2.24) is 14.6 Å². The van der Waals surface area contributed by atoms with E-state index in [9.17, 15) is 8.42 Å². The molecular formula is C18H23N7O2S. The number of imidazole rings is 1. The van der Waals surface area contributed by atoms with Crippen LogP contribution in [0, 0.1) is 0 Å². The smallest absolute Gasteiger partial charge is 0.238 e. The van der Waals surface area contributed by atoms with Gasteiger partial charge in [-0.3, -0.25) is 0 Å². The van der Waals surface area contributed by atoms with Gasteiger partial charge in [0.05, 0.1) is 10.6 Å². The summed E-state index contributed by atoms with van der Waals surface area (Å²) >= 11 is 0. The van der Waals surface area contributed by atoms with Gasteiger partial charge in [-0.15, -0.1) is 5.10 Å². The summed E-state index contributed by atoms with van der Waals surface area (Å²) in [5.41, 5.74) is 7.93. The number of sulfonamides is 1. The maximum absolute atomic E-state index is 11.6. The average molecular weight is 401 g/mol. The number of nitrogens with zero attached hydrogens (tertiary/aromatic N) is 3. The van der Waals surface area contributed by atoms with Gasteiger partial charge in [0.15, 0.2) is 5.65 Å². The van der Waals surface area contributed by atoms with Gasteiger partial charge in [0, 0.05) is 36.2 Å². The lowest BCUT2D eigenvalue weighted by atomic mass is 9.92. The fourth-order valence-corrected chi connectivity index (χ4v) is 4.02. The number of hydrogen-bond acceptors (Lipinski definition) is 7. The lowest BCUT2D eigenvalue weighted by Gasteiger charge is -2.27. The normalized spacial score (nSPS) is 20.2. The number of nitrogens with two attached hydrogens (primary N) is 2. The van der Waals surface area contributed by atoms with Crippen molar-refractivity contribution in [1.29, 1.82) is 0 Å². The van der Waals surface area contributed by atoms with Crippen molar-refractivity contribution in [3.05, 3.63) is 42.7 Å². The minimum atomic E-state index is -3.78. The number of nitrogens with one attached hydrogen (secondary N) is 2. The van der Waals surface area contributed by atoms with E-state index in [1.165, 1.54) is 12.1 Å². The van der Waals surface area contributed by atoms with E-state index >= 15 is 0 Å². The van der Waals surface area contributed by atoms with Gasteiger partial charge in [0.1, 0.15) is 5.82 Å². The van der Waals surface area contributed by atoms with Crippen LogP contribution in [0.15, 0.2) is 47.6 Å². The van der Waals surface area contributed by atoms with Crippen LogP contribution in [0.3, 0.4) is 0 Å². The molecule has 0 bridgehead atoms. The average Bonchev–Trinajstić information content (AvgIpc) is 3.12.